The van der Waals surface area contributed by atoms with Crippen molar-refractivity contribution in [2.45, 2.75) is 51.4 Å². The normalized spacial score (nSPS) is 14.9. The maximum Gasteiger partial charge on any atom is 0.121 e. The fourth-order valence-corrected chi connectivity index (χ4v) is 2.27. The van der Waals surface area contributed by atoms with Crippen LogP contribution in [0, 0.1) is 0 Å². The second-order valence-electron chi connectivity index (χ2n) is 6.04. The molecule has 3 N–H and O–H groups in total. The molecule has 132 valence electrons. The van der Waals surface area contributed by atoms with Crippen molar-refractivity contribution in [3.63, 3.8) is 0 Å². The maximum absolute atomic E-state index is 11.7. The smallest absolute Gasteiger partial charge is 0.121 e. The third-order valence-corrected chi connectivity index (χ3v) is 4.48. The van der Waals surface area contributed by atoms with Crippen molar-refractivity contribution in [2.24, 2.45) is 5.73 Å². The number of hydrogen-bond donors (Lipinski definition) is 2. The van der Waals surface area contributed by atoms with Crippen LogP contribution in [0.15, 0.2) is 45.6 Å². The molecule has 0 radical (unpaired) electrons. The SMILES string of the molecule is C[C@@H](N)c1ccco1.C[C@@H](N[S@@](=O)C(C)(C)C)c1ccco1.Cl. The molecule has 0 aliphatic rings. The summed E-state index contributed by atoms with van der Waals surface area (Å²) in [5, 5.41) is 0. The number of nitrogens with two attached hydrogens (primary N) is 1. The Morgan fingerprint density at radius 1 is 1.09 bits per heavy atom. The van der Waals surface area contributed by atoms with Gasteiger partial charge in [0.15, 0.2) is 0 Å². The van der Waals surface area contributed by atoms with Crippen LogP contribution in [0.4, 0.5) is 0 Å². The van der Waals surface area contributed by atoms with Crippen molar-refractivity contribution < 1.29 is 13.0 Å². The summed E-state index contributed by atoms with van der Waals surface area (Å²) in [6.45, 7) is 9.63. The molecule has 3 atom stereocenters. The first-order chi connectivity index (χ1) is 10.2. The quantitative estimate of drug-likeness (QED) is 0.857. The lowest BCUT2D eigenvalue weighted by molar-refractivity contribution is 0.464. The van der Waals surface area contributed by atoms with Crippen molar-refractivity contribution in [3.8, 4) is 0 Å². The number of furan rings is 2. The first-order valence-corrected chi connectivity index (χ1v) is 8.37. The number of nitrogens with one attached hydrogen (secondary N) is 1. The van der Waals surface area contributed by atoms with Gasteiger partial charge in [-0.25, -0.2) is 8.93 Å². The van der Waals surface area contributed by atoms with Gasteiger partial charge in [0.05, 0.1) is 40.3 Å². The van der Waals surface area contributed by atoms with E-state index in [4.69, 9.17) is 14.6 Å². The zero-order chi connectivity index (χ0) is 16.8. The van der Waals surface area contributed by atoms with E-state index < -0.39 is 11.0 Å². The van der Waals surface area contributed by atoms with Crippen LogP contribution in [0.5, 0.6) is 0 Å². The van der Waals surface area contributed by atoms with Crippen LogP contribution in [-0.4, -0.2) is 8.96 Å². The van der Waals surface area contributed by atoms with Crippen LogP contribution in [0.1, 0.15) is 58.2 Å². The van der Waals surface area contributed by atoms with Crippen LogP contribution >= 0.6 is 12.4 Å². The van der Waals surface area contributed by atoms with E-state index >= 15 is 0 Å². The third-order valence-electron chi connectivity index (χ3n) is 2.80. The summed E-state index contributed by atoms with van der Waals surface area (Å²) >= 11 is 0. The van der Waals surface area contributed by atoms with Gasteiger partial charge >= 0.3 is 0 Å². The number of halogens is 1. The van der Waals surface area contributed by atoms with Gasteiger partial charge < -0.3 is 14.6 Å². The van der Waals surface area contributed by atoms with E-state index in [1.165, 1.54) is 0 Å². The Kier molecular flexibility index (Phi) is 9.46. The molecular formula is C16H27ClN2O3S. The number of hydrogen-bond acceptors (Lipinski definition) is 4. The van der Waals surface area contributed by atoms with Gasteiger partial charge in [-0.1, -0.05) is 0 Å². The van der Waals surface area contributed by atoms with Gasteiger partial charge in [0, 0.05) is 0 Å². The molecule has 2 aromatic heterocycles. The highest BCUT2D eigenvalue weighted by Crippen LogP contribution is 2.16. The van der Waals surface area contributed by atoms with Crippen molar-refractivity contribution in [3.05, 3.63) is 48.3 Å². The standard InChI is InChI=1S/C10H17NO2S.C6H9NO.ClH/c1-8(9-6-5-7-13-9)11-14(12)10(2,3)4;1-5(7)6-3-2-4-8-6;/h5-8,11H,1-4H3;2-5H,7H2,1H3;1H/t8-,14+;5-;/m11./s1. The predicted molar refractivity (Wildman–Crippen MR) is 96.7 cm³/mol. The van der Waals surface area contributed by atoms with Gasteiger partial charge in [-0.15, -0.1) is 12.4 Å². The topological polar surface area (TPSA) is 81.4 Å². The molecular weight excluding hydrogens is 336 g/mol. The van der Waals surface area contributed by atoms with E-state index in [2.05, 4.69) is 4.72 Å². The Bertz CT molecular complexity index is 548. The van der Waals surface area contributed by atoms with E-state index in [0.29, 0.717) is 0 Å². The molecule has 2 heterocycles. The molecule has 0 saturated carbocycles. The van der Waals surface area contributed by atoms with Crippen LogP contribution < -0.4 is 10.5 Å². The summed E-state index contributed by atoms with van der Waals surface area (Å²) in [4.78, 5) is 0. The summed E-state index contributed by atoms with van der Waals surface area (Å²) in [7, 11) is -1.06. The minimum atomic E-state index is -1.06. The van der Waals surface area contributed by atoms with Gasteiger partial charge in [0.2, 0.25) is 0 Å². The Labute approximate surface area is 147 Å². The van der Waals surface area contributed by atoms with E-state index in [1.54, 1.807) is 12.5 Å². The Morgan fingerprint density at radius 2 is 1.57 bits per heavy atom. The van der Waals surface area contributed by atoms with Crippen molar-refractivity contribution >= 4 is 23.4 Å². The zero-order valence-electron chi connectivity index (χ0n) is 14.2. The summed E-state index contributed by atoms with van der Waals surface area (Å²) in [5.41, 5.74) is 5.46. The van der Waals surface area contributed by atoms with Gasteiger partial charge in [-0.3, -0.25) is 0 Å². The molecule has 0 aliphatic carbocycles. The van der Waals surface area contributed by atoms with Crippen LogP contribution in [0.3, 0.4) is 0 Å². The predicted octanol–water partition coefficient (Wildman–Crippen LogP) is 4.11. The monoisotopic (exact) mass is 362 g/mol. The molecule has 0 bridgehead atoms. The lowest BCUT2D eigenvalue weighted by Crippen LogP contribution is -2.34. The second kappa shape index (κ2) is 9.93. The Hall–Kier alpha value is -1.08. The van der Waals surface area contributed by atoms with E-state index in [1.807, 2.05) is 58.9 Å². The summed E-state index contributed by atoms with van der Waals surface area (Å²) < 4.78 is 24.7. The molecule has 0 fully saturated rings. The molecule has 0 unspecified atom stereocenters. The third kappa shape index (κ3) is 7.83. The molecule has 2 rings (SSSR count). The fraction of sp³-hybridized carbons (Fsp3) is 0.500. The molecule has 0 aromatic carbocycles. The summed E-state index contributed by atoms with van der Waals surface area (Å²) in [6.07, 6.45) is 3.24. The highest BCUT2D eigenvalue weighted by molar-refractivity contribution is 7.84. The van der Waals surface area contributed by atoms with Crippen LogP contribution in [0.2, 0.25) is 0 Å². The molecule has 0 saturated heterocycles. The van der Waals surface area contributed by atoms with E-state index in [0.717, 1.165) is 11.5 Å². The zero-order valence-corrected chi connectivity index (χ0v) is 15.9. The minimum Gasteiger partial charge on any atom is -0.468 e. The van der Waals surface area contributed by atoms with Gasteiger partial charge in [0.25, 0.3) is 0 Å². The second-order valence-corrected chi connectivity index (χ2v) is 8.04. The van der Waals surface area contributed by atoms with Gasteiger partial charge in [-0.05, 0) is 58.9 Å². The van der Waals surface area contributed by atoms with Gasteiger partial charge in [0.1, 0.15) is 11.5 Å². The highest BCUT2D eigenvalue weighted by atomic mass is 35.5. The average Bonchev–Trinajstić information content (AvgIpc) is 3.12. The van der Waals surface area contributed by atoms with E-state index in [-0.39, 0.29) is 29.2 Å². The van der Waals surface area contributed by atoms with Gasteiger partial charge in [-0.2, -0.15) is 0 Å². The number of rotatable bonds is 4. The van der Waals surface area contributed by atoms with Crippen molar-refractivity contribution in [2.75, 3.05) is 0 Å². The molecule has 0 aliphatic heterocycles. The van der Waals surface area contributed by atoms with Crippen LogP contribution in [-0.2, 0) is 11.0 Å². The molecule has 7 heteroatoms. The Balaban J connectivity index is 0.000000460. The summed E-state index contributed by atoms with van der Waals surface area (Å²) in [5.74, 6) is 1.65. The molecule has 0 amide bonds. The molecule has 23 heavy (non-hydrogen) atoms. The average molecular weight is 363 g/mol. The van der Waals surface area contributed by atoms with Crippen LogP contribution in [0.25, 0.3) is 0 Å². The minimum absolute atomic E-state index is 0. The lowest BCUT2D eigenvalue weighted by atomic mass is 10.3. The van der Waals surface area contributed by atoms with E-state index in [9.17, 15) is 4.21 Å². The largest absolute Gasteiger partial charge is 0.468 e. The molecule has 5 nitrogen and oxygen atoms in total. The first-order valence-electron chi connectivity index (χ1n) is 7.22. The first kappa shape index (κ1) is 21.9. The van der Waals surface area contributed by atoms with Crippen molar-refractivity contribution in [1.29, 1.82) is 0 Å². The summed E-state index contributed by atoms with van der Waals surface area (Å²) in [6, 6.07) is 7.39. The molecule has 2 aromatic rings. The molecule has 0 spiro atoms. The lowest BCUT2D eigenvalue weighted by Gasteiger charge is -2.20. The van der Waals surface area contributed by atoms with Crippen molar-refractivity contribution in [1.82, 2.24) is 4.72 Å². The fourth-order valence-electron chi connectivity index (χ4n) is 1.48. The highest BCUT2D eigenvalue weighted by Gasteiger charge is 2.22. The maximum atomic E-state index is 11.7. The Morgan fingerprint density at radius 3 is 1.87 bits per heavy atom.